The van der Waals surface area contributed by atoms with Crippen LogP contribution in [0.15, 0.2) is 35.4 Å². The molecule has 0 spiro atoms. The third kappa shape index (κ3) is 3.00. The first-order valence-electron chi connectivity index (χ1n) is 8.72. The maximum absolute atomic E-state index is 5.75. The molecule has 0 radical (unpaired) electrons. The van der Waals surface area contributed by atoms with E-state index in [1.165, 1.54) is 32.1 Å². The van der Waals surface area contributed by atoms with Crippen molar-refractivity contribution in [2.45, 2.75) is 32.1 Å². The molecule has 1 fully saturated rings. The number of hydrogen-bond acceptors (Lipinski definition) is 6. The van der Waals surface area contributed by atoms with Gasteiger partial charge < -0.3 is 15.0 Å². The van der Waals surface area contributed by atoms with E-state index < -0.39 is 0 Å². The van der Waals surface area contributed by atoms with Gasteiger partial charge in [-0.3, -0.25) is 0 Å². The van der Waals surface area contributed by atoms with Gasteiger partial charge in [-0.2, -0.15) is 0 Å². The van der Waals surface area contributed by atoms with Crippen molar-refractivity contribution in [3.8, 4) is 0 Å². The largest absolute Gasteiger partial charge is 0.445 e. The quantitative estimate of drug-likeness (QED) is 0.922. The van der Waals surface area contributed by atoms with Crippen molar-refractivity contribution in [2.24, 2.45) is 10.9 Å². The maximum atomic E-state index is 5.75. The Morgan fingerprint density at radius 1 is 1.21 bits per heavy atom. The molecule has 1 saturated carbocycles. The normalized spacial score (nSPS) is 20.7. The van der Waals surface area contributed by atoms with E-state index in [2.05, 4.69) is 31.3 Å². The van der Waals surface area contributed by atoms with E-state index in [4.69, 9.17) is 4.74 Å². The van der Waals surface area contributed by atoms with Crippen LogP contribution >= 0.6 is 0 Å². The van der Waals surface area contributed by atoms with Crippen LogP contribution in [0.25, 0.3) is 5.57 Å². The maximum Gasteiger partial charge on any atom is 0.239 e. The van der Waals surface area contributed by atoms with Gasteiger partial charge in [0.05, 0.1) is 0 Å². The number of fused-ring (bicyclic) bond motifs is 1. The Morgan fingerprint density at radius 2 is 2.00 bits per heavy atom. The lowest BCUT2D eigenvalue weighted by Gasteiger charge is -2.29. The van der Waals surface area contributed by atoms with Crippen molar-refractivity contribution in [1.82, 2.24) is 14.9 Å². The standard InChI is InChI=1S/C18H23N5O/c1-19-18-20-8-15(9-21-18)14-7-16-17(24-11-14)22-12-23(16)10-13-5-3-2-4-6-13/h7-9,11,13H,2-6,10,12H2,1H3,(H,19,20,21). The third-order valence-electron chi connectivity index (χ3n) is 4.95. The van der Waals surface area contributed by atoms with E-state index in [1.54, 1.807) is 6.26 Å². The van der Waals surface area contributed by atoms with Crippen LogP contribution < -0.4 is 5.32 Å². The Bertz CT molecular complexity index is 686. The molecule has 0 unspecified atom stereocenters. The van der Waals surface area contributed by atoms with Gasteiger partial charge in [-0.1, -0.05) is 19.3 Å². The Balaban J connectivity index is 1.51. The fourth-order valence-electron chi connectivity index (χ4n) is 3.59. The zero-order valence-electron chi connectivity index (χ0n) is 14.0. The zero-order chi connectivity index (χ0) is 16.4. The van der Waals surface area contributed by atoms with Crippen molar-refractivity contribution in [3.63, 3.8) is 0 Å². The van der Waals surface area contributed by atoms with Crippen LogP contribution in [0.1, 0.15) is 37.7 Å². The summed E-state index contributed by atoms with van der Waals surface area (Å²) in [4.78, 5) is 15.4. The van der Waals surface area contributed by atoms with E-state index >= 15 is 0 Å². The lowest BCUT2D eigenvalue weighted by atomic mass is 9.89. The van der Waals surface area contributed by atoms with Crippen molar-refractivity contribution in [3.05, 3.63) is 36.0 Å². The first kappa shape index (κ1) is 15.2. The molecule has 126 valence electrons. The summed E-state index contributed by atoms with van der Waals surface area (Å²) >= 11 is 0. The molecule has 0 aromatic carbocycles. The molecule has 1 aromatic heterocycles. The van der Waals surface area contributed by atoms with Gasteiger partial charge in [0, 0.05) is 37.1 Å². The summed E-state index contributed by atoms with van der Waals surface area (Å²) in [5, 5.41) is 2.93. The van der Waals surface area contributed by atoms with Gasteiger partial charge in [-0.25, -0.2) is 15.0 Å². The van der Waals surface area contributed by atoms with E-state index in [1.807, 2.05) is 19.4 Å². The fraction of sp³-hybridized carbons (Fsp3) is 0.500. The summed E-state index contributed by atoms with van der Waals surface area (Å²) in [6.07, 6.45) is 14.3. The topological polar surface area (TPSA) is 62.6 Å². The summed E-state index contributed by atoms with van der Waals surface area (Å²) < 4.78 is 5.75. The molecule has 4 rings (SSSR count). The van der Waals surface area contributed by atoms with Gasteiger partial charge >= 0.3 is 0 Å². The number of rotatable bonds is 4. The molecular formula is C18H23N5O. The second-order valence-corrected chi connectivity index (χ2v) is 6.60. The molecule has 3 aliphatic rings. The average Bonchev–Trinajstić information content (AvgIpc) is 3.05. The molecular weight excluding hydrogens is 302 g/mol. The van der Waals surface area contributed by atoms with Crippen molar-refractivity contribution in [2.75, 3.05) is 25.6 Å². The summed E-state index contributed by atoms with van der Waals surface area (Å²) in [5.74, 6) is 2.13. The number of nitrogens with zero attached hydrogens (tertiary/aromatic N) is 4. The molecule has 0 atom stereocenters. The summed E-state index contributed by atoms with van der Waals surface area (Å²) in [6, 6.07) is 0. The molecule has 3 heterocycles. The number of aromatic nitrogens is 2. The Morgan fingerprint density at radius 3 is 2.75 bits per heavy atom. The second kappa shape index (κ2) is 6.63. The molecule has 0 amide bonds. The van der Waals surface area contributed by atoms with Crippen molar-refractivity contribution in [1.29, 1.82) is 0 Å². The number of allylic oxidation sites excluding steroid dienone is 2. The number of aliphatic imine (C=N–C) groups is 1. The van der Waals surface area contributed by atoms with Crippen LogP contribution in [0, 0.1) is 5.92 Å². The van der Waals surface area contributed by atoms with Crippen LogP contribution in [-0.2, 0) is 4.74 Å². The molecule has 6 nitrogen and oxygen atoms in total. The van der Waals surface area contributed by atoms with Gasteiger partial charge in [0.1, 0.15) is 18.6 Å². The van der Waals surface area contributed by atoms with Crippen molar-refractivity contribution >= 4 is 17.4 Å². The Hall–Kier alpha value is -2.37. The molecule has 1 aliphatic carbocycles. The lowest BCUT2D eigenvalue weighted by Crippen LogP contribution is -2.29. The second-order valence-electron chi connectivity index (χ2n) is 6.60. The highest BCUT2D eigenvalue weighted by atomic mass is 16.5. The first-order valence-corrected chi connectivity index (χ1v) is 8.72. The molecule has 1 N–H and O–H groups in total. The molecule has 6 heteroatoms. The number of anilines is 1. The summed E-state index contributed by atoms with van der Waals surface area (Å²) in [5.41, 5.74) is 3.03. The molecule has 2 aliphatic heterocycles. The van der Waals surface area contributed by atoms with Crippen LogP contribution in [0.3, 0.4) is 0 Å². The minimum Gasteiger partial charge on any atom is -0.445 e. The fourth-order valence-corrected chi connectivity index (χ4v) is 3.59. The van der Waals surface area contributed by atoms with Gasteiger partial charge in [-0.05, 0) is 24.8 Å². The minimum absolute atomic E-state index is 0.616. The van der Waals surface area contributed by atoms with E-state index in [-0.39, 0.29) is 0 Å². The van der Waals surface area contributed by atoms with Gasteiger partial charge in [-0.15, -0.1) is 0 Å². The highest BCUT2D eigenvalue weighted by Crippen LogP contribution is 2.31. The third-order valence-corrected chi connectivity index (χ3v) is 4.95. The van der Waals surface area contributed by atoms with Crippen LogP contribution in [-0.4, -0.2) is 41.0 Å². The predicted octanol–water partition coefficient (Wildman–Crippen LogP) is 3.03. The van der Waals surface area contributed by atoms with Gasteiger partial charge in [0.25, 0.3) is 0 Å². The van der Waals surface area contributed by atoms with Crippen molar-refractivity contribution < 1.29 is 4.74 Å². The number of nitrogens with one attached hydrogen (secondary N) is 1. The first-order chi connectivity index (χ1) is 11.8. The summed E-state index contributed by atoms with van der Waals surface area (Å²) in [6.45, 7) is 1.78. The molecule has 1 aromatic rings. The monoisotopic (exact) mass is 325 g/mol. The van der Waals surface area contributed by atoms with E-state index in [0.717, 1.165) is 35.2 Å². The van der Waals surface area contributed by atoms with Crippen LogP contribution in [0.5, 0.6) is 0 Å². The highest BCUT2D eigenvalue weighted by Gasteiger charge is 2.28. The average molecular weight is 325 g/mol. The molecule has 0 bridgehead atoms. The zero-order valence-corrected chi connectivity index (χ0v) is 14.0. The Kier molecular flexibility index (Phi) is 4.19. The Labute approximate surface area is 142 Å². The van der Waals surface area contributed by atoms with Crippen LogP contribution in [0.2, 0.25) is 0 Å². The number of ether oxygens (including phenoxy) is 1. The van der Waals surface area contributed by atoms with Gasteiger partial charge in [0.2, 0.25) is 11.8 Å². The highest BCUT2D eigenvalue weighted by molar-refractivity contribution is 6.00. The molecule has 0 saturated heterocycles. The number of hydrogen-bond donors (Lipinski definition) is 1. The van der Waals surface area contributed by atoms with E-state index in [0.29, 0.717) is 12.6 Å². The lowest BCUT2D eigenvalue weighted by molar-refractivity contribution is 0.257. The predicted molar refractivity (Wildman–Crippen MR) is 94.3 cm³/mol. The van der Waals surface area contributed by atoms with E-state index in [9.17, 15) is 0 Å². The molecule has 24 heavy (non-hydrogen) atoms. The smallest absolute Gasteiger partial charge is 0.239 e. The van der Waals surface area contributed by atoms with Gasteiger partial charge in [0.15, 0.2) is 0 Å². The summed E-state index contributed by atoms with van der Waals surface area (Å²) in [7, 11) is 1.81. The SMILES string of the molecule is CNc1ncc(C2=COC3=NCN(CC4CCCCC4)C3=C2)cn1. The van der Waals surface area contributed by atoms with Crippen LogP contribution in [0.4, 0.5) is 5.95 Å². The minimum atomic E-state index is 0.616.